The highest BCUT2D eigenvalue weighted by molar-refractivity contribution is 5.95. The molecule has 0 aromatic heterocycles. The van der Waals surface area contributed by atoms with Crippen molar-refractivity contribution in [2.45, 2.75) is 39.2 Å². The van der Waals surface area contributed by atoms with Gasteiger partial charge in [-0.15, -0.1) is 0 Å². The second-order valence-corrected chi connectivity index (χ2v) is 4.17. The Morgan fingerprint density at radius 1 is 1.39 bits per heavy atom. The number of hydrogen-bond acceptors (Lipinski definition) is 3. The largest absolute Gasteiger partial charge is 0.492 e. The van der Waals surface area contributed by atoms with Crippen LogP contribution in [0.25, 0.3) is 0 Å². The van der Waals surface area contributed by atoms with Gasteiger partial charge in [0.15, 0.2) is 0 Å². The van der Waals surface area contributed by atoms with Crippen LogP contribution in [-0.2, 0) is 4.79 Å². The molecule has 3 N–H and O–H groups in total. The van der Waals surface area contributed by atoms with Gasteiger partial charge >= 0.3 is 0 Å². The Hall–Kier alpha value is -1.55. The summed E-state index contributed by atoms with van der Waals surface area (Å²) in [6.45, 7) is 4.55. The first kappa shape index (κ1) is 14.5. The molecule has 18 heavy (non-hydrogen) atoms. The average Bonchev–Trinajstić information content (AvgIpc) is 2.38. The van der Waals surface area contributed by atoms with Crippen LogP contribution in [0.1, 0.15) is 33.1 Å². The van der Waals surface area contributed by atoms with E-state index in [1.54, 1.807) is 0 Å². The zero-order valence-electron chi connectivity index (χ0n) is 11.1. The van der Waals surface area contributed by atoms with E-state index in [4.69, 9.17) is 10.5 Å². The summed E-state index contributed by atoms with van der Waals surface area (Å²) >= 11 is 0. The van der Waals surface area contributed by atoms with Crippen molar-refractivity contribution >= 4 is 11.6 Å². The predicted octanol–water partition coefficient (Wildman–Crippen LogP) is 2.54. The number of carbonyl (C=O) groups excluding carboxylic acids is 1. The van der Waals surface area contributed by atoms with Crippen LogP contribution < -0.4 is 15.8 Å². The van der Waals surface area contributed by atoms with Crippen LogP contribution in [0.3, 0.4) is 0 Å². The smallest absolute Gasteiger partial charge is 0.241 e. The van der Waals surface area contributed by atoms with E-state index in [9.17, 15) is 4.79 Å². The highest BCUT2D eigenvalue weighted by Gasteiger charge is 2.14. The number of rotatable bonds is 7. The Morgan fingerprint density at radius 3 is 2.78 bits per heavy atom. The third-order valence-corrected chi connectivity index (χ3v) is 2.65. The molecule has 0 saturated heterocycles. The highest BCUT2D eigenvalue weighted by Crippen LogP contribution is 2.23. The van der Waals surface area contributed by atoms with Crippen molar-refractivity contribution in [2.75, 3.05) is 11.9 Å². The fraction of sp³-hybridized carbons (Fsp3) is 0.500. The van der Waals surface area contributed by atoms with Crippen molar-refractivity contribution in [1.82, 2.24) is 0 Å². The molecule has 1 aromatic rings. The molecule has 1 aromatic carbocycles. The molecule has 1 atom stereocenters. The maximum absolute atomic E-state index is 11.9. The SMILES string of the molecule is CCCCC(N)C(=O)Nc1ccccc1OCC. The van der Waals surface area contributed by atoms with Crippen molar-refractivity contribution < 1.29 is 9.53 Å². The summed E-state index contributed by atoms with van der Waals surface area (Å²) in [5.41, 5.74) is 6.50. The van der Waals surface area contributed by atoms with E-state index in [0.717, 1.165) is 12.8 Å². The van der Waals surface area contributed by atoms with Gasteiger partial charge in [0.1, 0.15) is 5.75 Å². The number of para-hydroxylation sites is 2. The number of hydrogen-bond donors (Lipinski definition) is 2. The van der Waals surface area contributed by atoms with Gasteiger partial charge in [0.05, 0.1) is 18.3 Å². The number of carbonyl (C=O) groups is 1. The lowest BCUT2D eigenvalue weighted by molar-refractivity contribution is -0.117. The monoisotopic (exact) mass is 250 g/mol. The van der Waals surface area contributed by atoms with E-state index >= 15 is 0 Å². The van der Waals surface area contributed by atoms with Crippen LogP contribution in [0.4, 0.5) is 5.69 Å². The number of ether oxygens (including phenoxy) is 1. The van der Waals surface area contributed by atoms with Gasteiger partial charge in [0.25, 0.3) is 0 Å². The second kappa shape index (κ2) is 7.71. The van der Waals surface area contributed by atoms with Crippen molar-refractivity contribution in [3.05, 3.63) is 24.3 Å². The van der Waals surface area contributed by atoms with Gasteiger partial charge in [-0.1, -0.05) is 31.9 Å². The first-order chi connectivity index (χ1) is 8.69. The molecule has 0 spiro atoms. The maximum Gasteiger partial charge on any atom is 0.241 e. The van der Waals surface area contributed by atoms with E-state index in [1.807, 2.05) is 31.2 Å². The number of nitrogens with two attached hydrogens (primary N) is 1. The first-order valence-electron chi connectivity index (χ1n) is 6.47. The topological polar surface area (TPSA) is 64.4 Å². The summed E-state index contributed by atoms with van der Waals surface area (Å²) in [7, 11) is 0. The Morgan fingerprint density at radius 2 is 2.11 bits per heavy atom. The molecule has 4 nitrogen and oxygen atoms in total. The minimum atomic E-state index is -0.459. The molecule has 0 aliphatic carbocycles. The minimum absolute atomic E-state index is 0.157. The van der Waals surface area contributed by atoms with Crippen molar-refractivity contribution in [3.8, 4) is 5.75 Å². The molecule has 0 heterocycles. The third-order valence-electron chi connectivity index (χ3n) is 2.65. The lowest BCUT2D eigenvalue weighted by Crippen LogP contribution is -2.35. The standard InChI is InChI=1S/C14H22N2O2/c1-3-5-8-11(15)14(17)16-12-9-6-7-10-13(12)18-4-2/h6-7,9-11H,3-5,8,15H2,1-2H3,(H,16,17). The minimum Gasteiger partial charge on any atom is -0.492 e. The molecule has 100 valence electrons. The molecule has 0 bridgehead atoms. The normalized spacial score (nSPS) is 11.9. The summed E-state index contributed by atoms with van der Waals surface area (Å²) in [5, 5.41) is 2.82. The van der Waals surface area contributed by atoms with Gasteiger partial charge in [0, 0.05) is 0 Å². The molecule has 4 heteroatoms. The third kappa shape index (κ3) is 4.37. The van der Waals surface area contributed by atoms with Gasteiger partial charge in [-0.2, -0.15) is 0 Å². The molecule has 0 fully saturated rings. The number of benzene rings is 1. The zero-order chi connectivity index (χ0) is 13.4. The van der Waals surface area contributed by atoms with E-state index in [-0.39, 0.29) is 5.91 Å². The fourth-order valence-electron chi connectivity index (χ4n) is 1.63. The van der Waals surface area contributed by atoms with Crippen molar-refractivity contribution in [1.29, 1.82) is 0 Å². The molecular formula is C14H22N2O2. The van der Waals surface area contributed by atoms with Gasteiger partial charge in [-0.25, -0.2) is 0 Å². The second-order valence-electron chi connectivity index (χ2n) is 4.17. The average molecular weight is 250 g/mol. The summed E-state index contributed by atoms with van der Waals surface area (Å²) in [6, 6.07) is 6.92. The first-order valence-corrected chi connectivity index (χ1v) is 6.47. The van der Waals surface area contributed by atoms with E-state index in [1.165, 1.54) is 0 Å². The van der Waals surface area contributed by atoms with E-state index in [2.05, 4.69) is 12.2 Å². The van der Waals surface area contributed by atoms with Crippen molar-refractivity contribution in [2.24, 2.45) is 5.73 Å². The van der Waals surface area contributed by atoms with Crippen molar-refractivity contribution in [3.63, 3.8) is 0 Å². The number of amides is 1. The summed E-state index contributed by atoms with van der Waals surface area (Å²) in [4.78, 5) is 11.9. The summed E-state index contributed by atoms with van der Waals surface area (Å²) in [6.07, 6.45) is 2.71. The maximum atomic E-state index is 11.9. The molecule has 1 rings (SSSR count). The van der Waals surface area contributed by atoms with E-state index < -0.39 is 6.04 Å². The molecule has 0 aliphatic heterocycles. The molecule has 0 radical (unpaired) electrons. The Kier molecular flexibility index (Phi) is 6.22. The van der Waals surface area contributed by atoms with Crippen LogP contribution in [-0.4, -0.2) is 18.6 Å². The van der Waals surface area contributed by atoms with Crippen LogP contribution in [0.5, 0.6) is 5.75 Å². The lowest BCUT2D eigenvalue weighted by atomic mass is 10.1. The number of nitrogens with one attached hydrogen (secondary N) is 1. The fourth-order valence-corrected chi connectivity index (χ4v) is 1.63. The summed E-state index contributed by atoms with van der Waals surface area (Å²) < 4.78 is 5.44. The van der Waals surface area contributed by atoms with Gasteiger partial charge in [0.2, 0.25) is 5.91 Å². The molecule has 0 saturated carbocycles. The van der Waals surface area contributed by atoms with Crippen LogP contribution in [0.2, 0.25) is 0 Å². The van der Waals surface area contributed by atoms with Crippen LogP contribution in [0.15, 0.2) is 24.3 Å². The highest BCUT2D eigenvalue weighted by atomic mass is 16.5. The molecule has 1 unspecified atom stereocenters. The van der Waals surface area contributed by atoms with Gasteiger partial charge in [-0.05, 0) is 25.5 Å². The zero-order valence-corrected chi connectivity index (χ0v) is 11.1. The summed E-state index contributed by atoms with van der Waals surface area (Å²) in [5.74, 6) is 0.520. The van der Waals surface area contributed by atoms with Crippen LogP contribution in [0, 0.1) is 0 Å². The van der Waals surface area contributed by atoms with E-state index in [0.29, 0.717) is 24.5 Å². The Bertz CT molecular complexity index is 380. The lowest BCUT2D eigenvalue weighted by Gasteiger charge is -2.14. The molecule has 0 aliphatic rings. The van der Waals surface area contributed by atoms with Gasteiger partial charge in [-0.3, -0.25) is 4.79 Å². The van der Waals surface area contributed by atoms with Gasteiger partial charge < -0.3 is 15.8 Å². The van der Waals surface area contributed by atoms with Crippen LogP contribution >= 0.6 is 0 Å². The molecular weight excluding hydrogens is 228 g/mol. The number of anilines is 1. The number of unbranched alkanes of at least 4 members (excludes halogenated alkanes) is 1. The Balaban J connectivity index is 2.63. The molecule has 1 amide bonds. The Labute approximate surface area is 109 Å². The quantitative estimate of drug-likeness (QED) is 0.781. The predicted molar refractivity (Wildman–Crippen MR) is 73.7 cm³/mol.